The zero-order valence-electron chi connectivity index (χ0n) is 25.2. The summed E-state index contributed by atoms with van der Waals surface area (Å²) in [4.78, 5) is 70.5. The van der Waals surface area contributed by atoms with E-state index in [0.29, 0.717) is 14.8 Å². The molecule has 0 bridgehead atoms. The average molecular weight is 749 g/mol. The first kappa shape index (κ1) is 30.9. The summed E-state index contributed by atoms with van der Waals surface area (Å²) in [6.07, 6.45) is 2.26. The summed E-state index contributed by atoms with van der Waals surface area (Å²) in [6, 6.07) is 15.6. The number of para-hydroxylation sites is 1. The molecule has 0 unspecified atom stereocenters. The predicted octanol–water partition coefficient (Wildman–Crippen LogP) is 4.84. The van der Waals surface area contributed by atoms with Crippen molar-refractivity contribution in [2.45, 2.75) is 25.7 Å². The average Bonchev–Trinajstić information content (AvgIpc) is 3.41. The standard InChI is InChI=1S/C35H29IN2O9/c1-35-23(31(42)38(34(35)46)17-6-4-3-5-7-17)15-22-19(28(35)16-12-24(36)29(40)26(13-16)47-2)10-11-21-27(22)32(43)37(30(21)41)18-8-9-20(33(44)45)25(39)14-18/h3-10,12-14,21-23,27-28,39-40H,11,15H2,1-2H3,(H,44,45)/t21-,22+,23-,27-,28-,35+/m0/s1. The van der Waals surface area contributed by atoms with Crippen molar-refractivity contribution in [1.29, 1.82) is 0 Å². The fourth-order valence-corrected chi connectivity index (χ4v) is 8.85. The highest BCUT2D eigenvalue weighted by Gasteiger charge is 2.67. The van der Waals surface area contributed by atoms with Gasteiger partial charge in [-0.15, -0.1) is 0 Å². The lowest BCUT2D eigenvalue weighted by atomic mass is 9.51. The van der Waals surface area contributed by atoms with Gasteiger partial charge in [0.25, 0.3) is 0 Å². The van der Waals surface area contributed by atoms with Gasteiger partial charge in [-0.1, -0.05) is 29.8 Å². The minimum Gasteiger partial charge on any atom is -0.507 e. The summed E-state index contributed by atoms with van der Waals surface area (Å²) >= 11 is 1.98. The maximum atomic E-state index is 14.5. The van der Waals surface area contributed by atoms with Crippen molar-refractivity contribution >= 4 is 63.6 Å². The van der Waals surface area contributed by atoms with E-state index in [1.54, 1.807) is 49.4 Å². The second-order valence-electron chi connectivity index (χ2n) is 12.6. The number of rotatable bonds is 5. The first-order valence-corrected chi connectivity index (χ1v) is 16.1. The molecule has 3 N–H and O–H groups in total. The molecule has 0 aromatic heterocycles. The summed E-state index contributed by atoms with van der Waals surface area (Å²) in [6.45, 7) is 1.78. The van der Waals surface area contributed by atoms with E-state index >= 15 is 0 Å². The second-order valence-corrected chi connectivity index (χ2v) is 13.7. The SMILES string of the molecule is COc1cc([C@H]2C3=CC[C@@H]4C(=O)N(c5ccc(C(=O)O)c(O)c5)C(=O)[C@@H]4[C@@H]3C[C@H]3C(=O)N(c4ccccc4)C(=O)[C@@]23C)cc(I)c1O. The topological polar surface area (TPSA) is 162 Å². The first-order chi connectivity index (χ1) is 22.4. The van der Waals surface area contributed by atoms with Crippen LogP contribution in [0.1, 0.15) is 41.6 Å². The maximum Gasteiger partial charge on any atom is 0.339 e. The molecule has 2 saturated heterocycles. The number of imide groups is 2. The number of carbonyl (C=O) groups excluding carboxylic acids is 4. The Bertz CT molecular complexity index is 1940. The molecule has 3 aromatic carbocycles. The Morgan fingerprint density at radius 2 is 1.64 bits per heavy atom. The van der Waals surface area contributed by atoms with Crippen molar-refractivity contribution in [2.75, 3.05) is 16.9 Å². The maximum absolute atomic E-state index is 14.5. The van der Waals surface area contributed by atoms with Gasteiger partial charge in [0.1, 0.15) is 11.3 Å². The molecule has 240 valence electrons. The largest absolute Gasteiger partial charge is 0.507 e. The van der Waals surface area contributed by atoms with Gasteiger partial charge < -0.3 is 20.1 Å². The van der Waals surface area contributed by atoms with Crippen molar-refractivity contribution in [3.63, 3.8) is 0 Å². The molecule has 12 heteroatoms. The van der Waals surface area contributed by atoms with E-state index in [4.69, 9.17) is 4.74 Å². The van der Waals surface area contributed by atoms with Crippen molar-refractivity contribution in [1.82, 2.24) is 0 Å². The van der Waals surface area contributed by atoms with E-state index in [-0.39, 0.29) is 41.5 Å². The van der Waals surface area contributed by atoms with Crippen LogP contribution in [0, 0.1) is 32.7 Å². The highest BCUT2D eigenvalue weighted by molar-refractivity contribution is 14.1. The molecule has 2 aliphatic heterocycles. The lowest BCUT2D eigenvalue weighted by Crippen LogP contribution is -2.48. The number of aromatic carboxylic acids is 1. The lowest BCUT2D eigenvalue weighted by molar-refractivity contribution is -0.131. The van der Waals surface area contributed by atoms with Crippen LogP contribution in [-0.2, 0) is 19.2 Å². The van der Waals surface area contributed by atoms with Gasteiger partial charge in [-0.2, -0.15) is 0 Å². The van der Waals surface area contributed by atoms with Crippen molar-refractivity contribution in [2.24, 2.45) is 29.1 Å². The van der Waals surface area contributed by atoms with Crippen LogP contribution in [0.3, 0.4) is 0 Å². The Kier molecular flexibility index (Phi) is 7.19. The molecule has 0 radical (unpaired) electrons. The number of hydrogen-bond donors (Lipinski definition) is 3. The summed E-state index contributed by atoms with van der Waals surface area (Å²) < 4.78 is 5.95. The van der Waals surface area contributed by atoms with Crippen LogP contribution in [0.15, 0.2) is 72.3 Å². The number of nitrogens with zero attached hydrogens (tertiary/aromatic N) is 2. The zero-order chi connectivity index (χ0) is 33.5. The number of carboxylic acid groups (broad SMARTS) is 1. The van der Waals surface area contributed by atoms with Crippen LogP contribution >= 0.6 is 22.6 Å². The minimum atomic E-state index is -1.35. The number of benzene rings is 3. The molecule has 4 amide bonds. The molecule has 7 rings (SSSR count). The number of ether oxygens (including phenoxy) is 1. The zero-order valence-corrected chi connectivity index (χ0v) is 27.4. The Balaban J connectivity index is 1.37. The van der Waals surface area contributed by atoms with E-state index in [2.05, 4.69) is 0 Å². The minimum absolute atomic E-state index is 0.0517. The number of phenolic OH excluding ortho intramolecular Hbond substituents is 1. The van der Waals surface area contributed by atoms with Gasteiger partial charge in [-0.25, -0.2) is 14.6 Å². The molecule has 4 aliphatic rings. The smallest absolute Gasteiger partial charge is 0.339 e. The molecule has 2 aliphatic carbocycles. The lowest BCUT2D eigenvalue weighted by Gasteiger charge is -2.49. The molecule has 6 atom stereocenters. The number of methoxy groups -OCH3 is 1. The van der Waals surface area contributed by atoms with Crippen molar-refractivity contribution in [3.8, 4) is 17.2 Å². The Morgan fingerprint density at radius 1 is 0.915 bits per heavy atom. The van der Waals surface area contributed by atoms with Gasteiger partial charge >= 0.3 is 5.97 Å². The van der Waals surface area contributed by atoms with E-state index in [0.717, 1.165) is 22.6 Å². The van der Waals surface area contributed by atoms with Crippen LogP contribution in [0.4, 0.5) is 11.4 Å². The molecule has 2 heterocycles. The molecule has 3 fully saturated rings. The van der Waals surface area contributed by atoms with Crippen LogP contribution in [-0.4, -0.2) is 52.0 Å². The highest BCUT2D eigenvalue weighted by Crippen LogP contribution is 2.64. The van der Waals surface area contributed by atoms with E-state index in [9.17, 15) is 39.3 Å². The van der Waals surface area contributed by atoms with Crippen LogP contribution in [0.2, 0.25) is 0 Å². The van der Waals surface area contributed by atoms with Gasteiger partial charge in [0.2, 0.25) is 23.6 Å². The van der Waals surface area contributed by atoms with Gasteiger partial charge in [0.05, 0.1) is 45.2 Å². The molecule has 0 spiro atoms. The second kappa shape index (κ2) is 10.9. The fraction of sp³-hybridized carbons (Fsp3) is 0.286. The fourth-order valence-electron chi connectivity index (χ4n) is 8.23. The quantitative estimate of drug-likeness (QED) is 0.188. The van der Waals surface area contributed by atoms with E-state index in [1.165, 1.54) is 18.1 Å². The molecule has 1 saturated carbocycles. The van der Waals surface area contributed by atoms with Gasteiger partial charge in [0.15, 0.2) is 11.5 Å². The Morgan fingerprint density at radius 3 is 2.30 bits per heavy atom. The number of halogens is 1. The number of phenols is 2. The summed E-state index contributed by atoms with van der Waals surface area (Å²) in [5.74, 6) is -7.31. The summed E-state index contributed by atoms with van der Waals surface area (Å²) in [7, 11) is 1.42. The predicted molar refractivity (Wildman–Crippen MR) is 176 cm³/mol. The van der Waals surface area contributed by atoms with E-state index < -0.39 is 64.4 Å². The molecule has 11 nitrogen and oxygen atoms in total. The van der Waals surface area contributed by atoms with E-state index in [1.807, 2.05) is 28.7 Å². The van der Waals surface area contributed by atoms with Crippen molar-refractivity contribution in [3.05, 3.63) is 87.0 Å². The molecular formula is C35H29IN2O9. The molecular weight excluding hydrogens is 719 g/mol. The number of anilines is 2. The third-order valence-corrected chi connectivity index (χ3v) is 11.2. The number of amides is 4. The van der Waals surface area contributed by atoms with Gasteiger partial charge in [0, 0.05) is 12.0 Å². The third-order valence-electron chi connectivity index (χ3n) is 10.4. The summed E-state index contributed by atoms with van der Waals surface area (Å²) in [5.41, 5.74) is 0.247. The number of allylic oxidation sites excluding steroid dienone is 2. The highest BCUT2D eigenvalue weighted by atomic mass is 127. The van der Waals surface area contributed by atoms with Crippen molar-refractivity contribution < 1.29 is 44.0 Å². The number of carbonyl (C=O) groups is 5. The summed E-state index contributed by atoms with van der Waals surface area (Å²) in [5, 5.41) is 30.4. The van der Waals surface area contributed by atoms with Crippen LogP contribution in [0.25, 0.3) is 0 Å². The van der Waals surface area contributed by atoms with Crippen LogP contribution < -0.4 is 14.5 Å². The Labute approximate surface area is 282 Å². The Hall–Kier alpha value is -4.72. The molecule has 3 aromatic rings. The third kappa shape index (κ3) is 4.33. The van der Waals surface area contributed by atoms with Crippen LogP contribution in [0.5, 0.6) is 17.2 Å². The molecule has 47 heavy (non-hydrogen) atoms. The normalized spacial score (nSPS) is 28.1. The van der Waals surface area contributed by atoms with Gasteiger partial charge in [-0.3, -0.25) is 19.2 Å². The monoisotopic (exact) mass is 748 g/mol. The number of hydrogen-bond acceptors (Lipinski definition) is 8. The number of carboxylic acids is 1. The van der Waals surface area contributed by atoms with Gasteiger partial charge in [-0.05, 0) is 90.2 Å². The number of aromatic hydroxyl groups is 2. The first-order valence-electron chi connectivity index (χ1n) is 15.0. The number of fused-ring (bicyclic) bond motifs is 4.